The minimum Gasteiger partial charge on any atom is -0.370 e. The fraction of sp³-hybridized carbons (Fsp3) is 0.615. The van der Waals surface area contributed by atoms with E-state index in [4.69, 9.17) is 4.74 Å². The van der Waals surface area contributed by atoms with E-state index in [0.717, 1.165) is 43.3 Å². The van der Waals surface area contributed by atoms with Crippen molar-refractivity contribution < 1.29 is 4.74 Å². The van der Waals surface area contributed by atoms with Gasteiger partial charge in [-0.1, -0.05) is 5.21 Å². The Morgan fingerprint density at radius 1 is 1.45 bits per heavy atom. The highest BCUT2D eigenvalue weighted by molar-refractivity contribution is 5.02. The monoisotopic (exact) mass is 274 g/mol. The zero-order valence-electron chi connectivity index (χ0n) is 11.5. The molecule has 106 valence electrons. The number of H-pyrrole nitrogens is 1. The van der Waals surface area contributed by atoms with Gasteiger partial charge in [0.25, 0.3) is 0 Å². The molecule has 0 bridgehead atoms. The average molecular weight is 274 g/mol. The number of nitrogens with zero attached hydrogens (tertiary/aromatic N) is 5. The molecule has 4 rings (SSSR count). The van der Waals surface area contributed by atoms with Gasteiger partial charge in [0, 0.05) is 25.0 Å². The Hall–Kier alpha value is -1.73. The number of hydrogen-bond acceptors (Lipinski definition) is 5. The smallest absolute Gasteiger partial charge is 0.120 e. The number of imidazole rings is 1. The molecule has 20 heavy (non-hydrogen) atoms. The van der Waals surface area contributed by atoms with Gasteiger partial charge in [-0.3, -0.25) is 4.90 Å². The van der Waals surface area contributed by atoms with Gasteiger partial charge >= 0.3 is 0 Å². The lowest BCUT2D eigenvalue weighted by atomic mass is 10.0. The summed E-state index contributed by atoms with van der Waals surface area (Å²) < 4.78 is 7.95. The van der Waals surface area contributed by atoms with Crippen LogP contribution in [0.5, 0.6) is 0 Å². The Bertz CT molecular complexity index is 606. The summed E-state index contributed by atoms with van der Waals surface area (Å²) in [7, 11) is 0. The Balaban J connectivity index is 1.51. The Morgan fingerprint density at radius 3 is 3.25 bits per heavy atom. The van der Waals surface area contributed by atoms with Crippen molar-refractivity contribution in [1.82, 2.24) is 29.9 Å². The number of hydrogen-bond donors (Lipinski definition) is 1. The lowest BCUT2D eigenvalue weighted by molar-refractivity contribution is -0.0672. The number of nitrogens with one attached hydrogen (secondary N) is 1. The maximum absolute atomic E-state index is 5.92. The minimum atomic E-state index is 0.263. The largest absolute Gasteiger partial charge is 0.370 e. The molecular formula is C13H18N6O. The van der Waals surface area contributed by atoms with Crippen molar-refractivity contribution in [2.75, 3.05) is 13.1 Å². The lowest BCUT2D eigenvalue weighted by Gasteiger charge is -2.40. The second kappa shape index (κ2) is 4.68. The van der Waals surface area contributed by atoms with E-state index in [1.165, 1.54) is 0 Å². The number of aromatic amines is 1. The second-order valence-electron chi connectivity index (χ2n) is 5.62. The third kappa shape index (κ3) is 2.03. The van der Waals surface area contributed by atoms with Crippen molar-refractivity contribution in [3.63, 3.8) is 0 Å². The molecule has 0 spiro atoms. The van der Waals surface area contributed by atoms with Crippen LogP contribution in [0, 0.1) is 6.92 Å². The first-order chi connectivity index (χ1) is 9.79. The van der Waals surface area contributed by atoms with Crippen molar-refractivity contribution in [1.29, 1.82) is 0 Å². The fourth-order valence-electron chi connectivity index (χ4n) is 3.15. The minimum absolute atomic E-state index is 0.263. The van der Waals surface area contributed by atoms with Gasteiger partial charge in [0.2, 0.25) is 0 Å². The third-order valence-corrected chi connectivity index (χ3v) is 4.14. The third-order valence-electron chi connectivity index (χ3n) is 4.14. The highest BCUT2D eigenvalue weighted by Crippen LogP contribution is 2.30. The number of ether oxygens (including phenoxy) is 1. The van der Waals surface area contributed by atoms with Crippen LogP contribution < -0.4 is 0 Å². The van der Waals surface area contributed by atoms with Crippen LogP contribution in [0.1, 0.15) is 29.7 Å². The molecule has 1 fully saturated rings. The molecular weight excluding hydrogens is 256 g/mol. The van der Waals surface area contributed by atoms with E-state index >= 15 is 0 Å². The molecule has 1 saturated heterocycles. The van der Waals surface area contributed by atoms with Gasteiger partial charge in [0.1, 0.15) is 5.82 Å². The molecule has 0 saturated carbocycles. The van der Waals surface area contributed by atoms with Gasteiger partial charge in [-0.25, -0.2) is 9.67 Å². The number of piperidine rings is 1. The average Bonchev–Trinajstić information content (AvgIpc) is 3.07. The SMILES string of the molecule is Cc1cnc(CN2CC[C@H]3OCc4cnnn4[C@H]3C2)[nH]1. The number of fused-ring (bicyclic) bond motifs is 3. The van der Waals surface area contributed by atoms with Crippen molar-refractivity contribution in [3.8, 4) is 0 Å². The van der Waals surface area contributed by atoms with E-state index in [9.17, 15) is 0 Å². The zero-order chi connectivity index (χ0) is 13.5. The van der Waals surface area contributed by atoms with Crippen LogP contribution in [0.15, 0.2) is 12.4 Å². The summed E-state index contributed by atoms with van der Waals surface area (Å²) in [6, 6.07) is 0.269. The first kappa shape index (κ1) is 12.0. The van der Waals surface area contributed by atoms with Gasteiger partial charge in [-0.05, 0) is 13.3 Å². The first-order valence-corrected chi connectivity index (χ1v) is 7.03. The van der Waals surface area contributed by atoms with Gasteiger partial charge in [-0.2, -0.15) is 0 Å². The zero-order valence-corrected chi connectivity index (χ0v) is 11.5. The summed E-state index contributed by atoms with van der Waals surface area (Å²) >= 11 is 0. The fourth-order valence-corrected chi connectivity index (χ4v) is 3.15. The molecule has 2 aliphatic rings. The summed E-state index contributed by atoms with van der Waals surface area (Å²) in [6.45, 7) is 5.47. The number of aryl methyl sites for hydroxylation is 1. The van der Waals surface area contributed by atoms with Gasteiger partial charge in [0.15, 0.2) is 0 Å². The number of likely N-dealkylation sites (tertiary alicyclic amines) is 1. The van der Waals surface area contributed by atoms with E-state index in [-0.39, 0.29) is 12.1 Å². The first-order valence-electron chi connectivity index (χ1n) is 7.03. The van der Waals surface area contributed by atoms with E-state index in [0.29, 0.717) is 6.61 Å². The van der Waals surface area contributed by atoms with Crippen LogP contribution in [-0.4, -0.2) is 49.1 Å². The van der Waals surface area contributed by atoms with Crippen LogP contribution in [0.2, 0.25) is 0 Å². The highest BCUT2D eigenvalue weighted by atomic mass is 16.5. The van der Waals surface area contributed by atoms with Gasteiger partial charge in [0.05, 0.1) is 37.2 Å². The normalized spacial score (nSPS) is 26.2. The molecule has 2 aromatic heterocycles. The maximum Gasteiger partial charge on any atom is 0.120 e. The topological polar surface area (TPSA) is 71.9 Å². The van der Waals surface area contributed by atoms with Crippen LogP contribution in [0.4, 0.5) is 0 Å². The van der Waals surface area contributed by atoms with E-state index in [1.807, 2.05) is 17.8 Å². The van der Waals surface area contributed by atoms with Crippen molar-refractivity contribution in [2.45, 2.75) is 38.6 Å². The summed E-state index contributed by atoms with van der Waals surface area (Å²) in [5, 5.41) is 8.23. The van der Waals surface area contributed by atoms with Gasteiger partial charge < -0.3 is 9.72 Å². The van der Waals surface area contributed by atoms with Crippen LogP contribution in [0.25, 0.3) is 0 Å². The quantitative estimate of drug-likeness (QED) is 0.871. The Labute approximate surface area is 116 Å². The summed E-state index contributed by atoms with van der Waals surface area (Å²) in [5.74, 6) is 1.02. The van der Waals surface area contributed by atoms with E-state index < -0.39 is 0 Å². The molecule has 4 heterocycles. The van der Waals surface area contributed by atoms with Crippen LogP contribution >= 0.6 is 0 Å². The molecule has 0 radical (unpaired) electrons. The molecule has 2 aromatic rings. The molecule has 2 aliphatic heterocycles. The molecule has 0 aromatic carbocycles. The standard InChI is InChI=1S/C13H18N6O/c1-9-4-14-13(16-9)7-18-3-2-12-11(6-18)19-10(8-20-12)5-15-17-19/h4-5,11-12H,2-3,6-8H2,1H3,(H,14,16)/t11-,12+/m0/s1. The van der Waals surface area contributed by atoms with E-state index in [1.54, 1.807) is 6.20 Å². The van der Waals surface area contributed by atoms with Crippen molar-refractivity contribution >= 4 is 0 Å². The summed E-state index contributed by atoms with van der Waals surface area (Å²) in [6.07, 6.45) is 4.97. The lowest BCUT2D eigenvalue weighted by Crippen LogP contribution is -2.47. The molecule has 7 heteroatoms. The number of aromatic nitrogens is 5. The maximum atomic E-state index is 5.92. The second-order valence-corrected chi connectivity index (χ2v) is 5.62. The molecule has 0 amide bonds. The van der Waals surface area contributed by atoms with Crippen LogP contribution in [0.3, 0.4) is 0 Å². The van der Waals surface area contributed by atoms with Crippen molar-refractivity contribution in [3.05, 3.63) is 29.6 Å². The molecule has 1 N–H and O–H groups in total. The van der Waals surface area contributed by atoms with Crippen molar-refractivity contribution in [2.24, 2.45) is 0 Å². The molecule has 0 aliphatic carbocycles. The predicted molar refractivity (Wildman–Crippen MR) is 70.9 cm³/mol. The Morgan fingerprint density at radius 2 is 2.40 bits per heavy atom. The molecule has 0 unspecified atom stereocenters. The van der Waals surface area contributed by atoms with Gasteiger partial charge in [-0.15, -0.1) is 5.10 Å². The predicted octanol–water partition coefficient (Wildman–Crippen LogP) is 0.655. The van der Waals surface area contributed by atoms with Crippen LogP contribution in [-0.2, 0) is 17.9 Å². The molecule has 7 nitrogen and oxygen atoms in total. The van der Waals surface area contributed by atoms with E-state index in [2.05, 4.69) is 25.2 Å². The summed E-state index contributed by atoms with van der Waals surface area (Å²) in [5.41, 5.74) is 2.18. The molecule has 2 atom stereocenters. The Kier molecular flexibility index (Phi) is 2.82. The number of rotatable bonds is 2. The highest BCUT2D eigenvalue weighted by Gasteiger charge is 2.36. The summed E-state index contributed by atoms with van der Waals surface area (Å²) in [4.78, 5) is 10.1.